The summed E-state index contributed by atoms with van der Waals surface area (Å²) in [5.41, 5.74) is 0.769. The van der Waals surface area contributed by atoms with Crippen molar-refractivity contribution >= 4 is 43.5 Å². The third kappa shape index (κ3) is 4.56. The Hall–Kier alpha value is -0.430. The van der Waals surface area contributed by atoms with Crippen LogP contribution in [0.1, 0.15) is 12.8 Å². The van der Waals surface area contributed by atoms with Crippen LogP contribution < -0.4 is 5.32 Å². The normalized spacial score (nSPS) is 17.4. The van der Waals surface area contributed by atoms with Gasteiger partial charge < -0.3 is 10.4 Å². The van der Waals surface area contributed by atoms with Gasteiger partial charge in [0.15, 0.2) is 0 Å². The van der Waals surface area contributed by atoms with E-state index in [9.17, 15) is 9.90 Å². The molecule has 0 unspecified atom stereocenters. The molecule has 0 aliphatic carbocycles. The number of aliphatic hydroxyl groups is 1. The van der Waals surface area contributed by atoms with E-state index in [0.29, 0.717) is 6.54 Å². The largest absolute Gasteiger partial charge is 0.393 e. The van der Waals surface area contributed by atoms with Crippen molar-refractivity contribution in [3.05, 3.63) is 27.1 Å². The summed E-state index contributed by atoms with van der Waals surface area (Å²) in [4.78, 5) is 14.0. The van der Waals surface area contributed by atoms with Crippen LogP contribution in [0.15, 0.2) is 27.1 Å². The van der Waals surface area contributed by atoms with Crippen LogP contribution in [0.4, 0.5) is 5.69 Å². The van der Waals surface area contributed by atoms with Crippen LogP contribution in [-0.2, 0) is 4.79 Å². The van der Waals surface area contributed by atoms with Gasteiger partial charge in [-0.15, -0.1) is 0 Å². The van der Waals surface area contributed by atoms with Crippen LogP contribution >= 0.6 is 31.9 Å². The van der Waals surface area contributed by atoms with Crippen molar-refractivity contribution in [3.63, 3.8) is 0 Å². The number of rotatable bonds is 3. The highest BCUT2D eigenvalue weighted by Gasteiger charge is 2.19. The Morgan fingerprint density at radius 3 is 2.68 bits per heavy atom. The smallest absolute Gasteiger partial charge is 0.238 e. The molecule has 2 rings (SSSR count). The molecular weight excluding hydrogens is 376 g/mol. The number of nitrogens with one attached hydrogen (secondary N) is 1. The number of piperidine rings is 1. The number of anilines is 1. The van der Waals surface area contributed by atoms with Gasteiger partial charge in [-0.1, -0.05) is 15.9 Å². The second-order valence-electron chi connectivity index (χ2n) is 4.68. The van der Waals surface area contributed by atoms with Gasteiger partial charge in [0.2, 0.25) is 5.91 Å². The monoisotopic (exact) mass is 390 g/mol. The first kappa shape index (κ1) is 15.0. The Bertz CT molecular complexity index is 460. The zero-order valence-electron chi connectivity index (χ0n) is 10.4. The molecule has 1 heterocycles. The summed E-state index contributed by atoms with van der Waals surface area (Å²) in [6.45, 7) is 1.92. The third-order valence-corrected chi connectivity index (χ3v) is 4.28. The van der Waals surface area contributed by atoms with E-state index < -0.39 is 0 Å². The molecule has 1 aromatic rings. The fourth-order valence-corrected chi connectivity index (χ4v) is 3.21. The fraction of sp³-hybridized carbons (Fsp3) is 0.462. The lowest BCUT2D eigenvalue weighted by molar-refractivity contribution is -0.117. The van der Waals surface area contributed by atoms with E-state index in [1.165, 1.54) is 0 Å². The van der Waals surface area contributed by atoms with Gasteiger partial charge in [-0.25, -0.2) is 0 Å². The van der Waals surface area contributed by atoms with Crippen molar-refractivity contribution in [1.82, 2.24) is 4.90 Å². The Morgan fingerprint density at radius 1 is 1.37 bits per heavy atom. The Morgan fingerprint density at radius 2 is 2.05 bits per heavy atom. The second-order valence-corrected chi connectivity index (χ2v) is 6.45. The van der Waals surface area contributed by atoms with Gasteiger partial charge in [-0.05, 0) is 47.0 Å². The highest BCUT2D eigenvalue weighted by atomic mass is 79.9. The molecule has 1 aromatic carbocycles. The molecule has 0 spiro atoms. The summed E-state index contributed by atoms with van der Waals surface area (Å²) in [5, 5.41) is 12.3. The number of likely N-dealkylation sites (tertiary alicyclic amines) is 1. The van der Waals surface area contributed by atoms with Gasteiger partial charge in [0.05, 0.1) is 18.3 Å². The molecule has 0 atom stereocenters. The van der Waals surface area contributed by atoms with Crippen molar-refractivity contribution < 1.29 is 9.90 Å². The molecular formula is C13H16Br2N2O2. The Balaban J connectivity index is 1.87. The zero-order chi connectivity index (χ0) is 13.8. The Kier molecular flexibility index (Phi) is 5.38. The van der Waals surface area contributed by atoms with E-state index in [0.717, 1.165) is 40.6 Å². The van der Waals surface area contributed by atoms with Crippen LogP contribution in [0.2, 0.25) is 0 Å². The molecule has 0 saturated carbocycles. The summed E-state index contributed by atoms with van der Waals surface area (Å²) in [6.07, 6.45) is 1.28. The van der Waals surface area contributed by atoms with Crippen LogP contribution in [0.5, 0.6) is 0 Å². The first-order valence-electron chi connectivity index (χ1n) is 6.20. The SMILES string of the molecule is O=C(CN1CCC(O)CC1)Nc1ccc(Br)cc1Br. The average molecular weight is 392 g/mol. The van der Waals surface area contributed by atoms with E-state index in [1.807, 2.05) is 18.2 Å². The van der Waals surface area contributed by atoms with Crippen molar-refractivity contribution in [2.75, 3.05) is 25.0 Å². The van der Waals surface area contributed by atoms with E-state index in [4.69, 9.17) is 0 Å². The highest BCUT2D eigenvalue weighted by molar-refractivity contribution is 9.11. The standard InChI is InChI=1S/C13H16Br2N2O2/c14-9-1-2-12(11(15)7-9)16-13(19)8-17-5-3-10(18)4-6-17/h1-2,7,10,18H,3-6,8H2,(H,16,19). The maximum atomic E-state index is 12.0. The first-order valence-corrected chi connectivity index (χ1v) is 7.78. The minimum Gasteiger partial charge on any atom is -0.393 e. The molecule has 1 fully saturated rings. The summed E-state index contributed by atoms with van der Waals surface area (Å²) in [6, 6.07) is 5.64. The number of hydrogen-bond donors (Lipinski definition) is 2. The molecule has 104 valence electrons. The second kappa shape index (κ2) is 6.83. The van der Waals surface area contributed by atoms with Crippen molar-refractivity contribution in [1.29, 1.82) is 0 Å². The summed E-state index contributed by atoms with van der Waals surface area (Å²) >= 11 is 6.79. The van der Waals surface area contributed by atoms with E-state index >= 15 is 0 Å². The topological polar surface area (TPSA) is 52.6 Å². The molecule has 1 aliphatic rings. The zero-order valence-corrected chi connectivity index (χ0v) is 13.6. The molecule has 0 aromatic heterocycles. The lowest BCUT2D eigenvalue weighted by Gasteiger charge is -2.28. The quantitative estimate of drug-likeness (QED) is 0.832. The third-order valence-electron chi connectivity index (χ3n) is 3.13. The summed E-state index contributed by atoms with van der Waals surface area (Å²) in [7, 11) is 0. The summed E-state index contributed by atoms with van der Waals surface area (Å²) in [5.74, 6) is -0.0283. The number of carbonyl (C=O) groups is 1. The maximum absolute atomic E-state index is 12.0. The van der Waals surface area contributed by atoms with E-state index in [-0.39, 0.29) is 12.0 Å². The lowest BCUT2D eigenvalue weighted by Crippen LogP contribution is -2.40. The molecule has 0 bridgehead atoms. The van der Waals surface area contributed by atoms with Gasteiger partial charge in [-0.2, -0.15) is 0 Å². The fourth-order valence-electron chi connectivity index (χ4n) is 2.06. The van der Waals surface area contributed by atoms with Gasteiger partial charge in [-0.3, -0.25) is 9.69 Å². The molecule has 1 saturated heterocycles. The average Bonchev–Trinajstić information content (AvgIpc) is 2.36. The number of carbonyl (C=O) groups excluding carboxylic acids is 1. The van der Waals surface area contributed by atoms with Gasteiger partial charge in [0, 0.05) is 22.0 Å². The van der Waals surface area contributed by atoms with Crippen LogP contribution in [0.25, 0.3) is 0 Å². The highest BCUT2D eigenvalue weighted by Crippen LogP contribution is 2.26. The number of nitrogens with zero attached hydrogens (tertiary/aromatic N) is 1. The summed E-state index contributed by atoms with van der Waals surface area (Å²) < 4.78 is 1.81. The Labute approximate surface area is 129 Å². The van der Waals surface area contributed by atoms with Crippen molar-refractivity contribution in [2.45, 2.75) is 18.9 Å². The predicted octanol–water partition coefficient (Wildman–Crippen LogP) is 2.61. The maximum Gasteiger partial charge on any atom is 0.238 e. The van der Waals surface area contributed by atoms with Crippen molar-refractivity contribution in [2.24, 2.45) is 0 Å². The van der Waals surface area contributed by atoms with Crippen LogP contribution in [0.3, 0.4) is 0 Å². The molecule has 19 heavy (non-hydrogen) atoms. The lowest BCUT2D eigenvalue weighted by atomic mass is 10.1. The van der Waals surface area contributed by atoms with Gasteiger partial charge >= 0.3 is 0 Å². The number of amides is 1. The number of hydrogen-bond acceptors (Lipinski definition) is 3. The number of aliphatic hydroxyl groups excluding tert-OH is 1. The van der Waals surface area contributed by atoms with E-state index in [1.54, 1.807) is 0 Å². The van der Waals surface area contributed by atoms with Gasteiger partial charge in [0.25, 0.3) is 0 Å². The molecule has 1 amide bonds. The number of benzene rings is 1. The molecule has 2 N–H and O–H groups in total. The van der Waals surface area contributed by atoms with Crippen molar-refractivity contribution in [3.8, 4) is 0 Å². The number of halogens is 2. The van der Waals surface area contributed by atoms with Gasteiger partial charge in [0.1, 0.15) is 0 Å². The minimum atomic E-state index is -0.208. The van der Waals surface area contributed by atoms with E-state index in [2.05, 4.69) is 42.1 Å². The predicted molar refractivity (Wildman–Crippen MR) is 82.2 cm³/mol. The first-order chi connectivity index (χ1) is 9.04. The molecule has 1 aliphatic heterocycles. The van der Waals surface area contributed by atoms with Crippen LogP contribution in [0, 0.1) is 0 Å². The molecule has 6 heteroatoms. The molecule has 4 nitrogen and oxygen atoms in total. The van der Waals surface area contributed by atoms with Crippen LogP contribution in [-0.4, -0.2) is 41.7 Å². The minimum absolute atomic E-state index is 0.0283. The molecule has 0 radical (unpaired) electrons.